The van der Waals surface area contributed by atoms with Crippen molar-refractivity contribution < 1.29 is 0 Å². The molecule has 6 heterocycles. The van der Waals surface area contributed by atoms with E-state index in [4.69, 9.17) is 46.4 Å². The third kappa shape index (κ3) is 18.8. The van der Waals surface area contributed by atoms with Crippen molar-refractivity contribution in [2.24, 2.45) is 0 Å². The van der Waals surface area contributed by atoms with E-state index in [1.54, 1.807) is 18.6 Å². The summed E-state index contributed by atoms with van der Waals surface area (Å²) < 4.78 is 1.04. The van der Waals surface area contributed by atoms with Crippen LogP contribution in [0.1, 0.15) is 0 Å². The molecule has 478 valence electrons. The molecule has 0 radical (unpaired) electrons. The monoisotopic (exact) mass is 1430 g/mol. The van der Waals surface area contributed by atoms with Gasteiger partial charge in [0.2, 0.25) is 15.9 Å². The van der Waals surface area contributed by atoms with Crippen LogP contribution in [-0.2, 0) is 0 Å². The quantitative estimate of drug-likeness (QED) is 0.121. The van der Waals surface area contributed by atoms with E-state index in [9.17, 15) is 0 Å². The number of hydrogen-bond donors (Lipinski definition) is 0. The highest BCUT2D eigenvalue weighted by Gasteiger charge is 2.13. The maximum atomic E-state index is 6.19. The van der Waals surface area contributed by atoms with E-state index in [2.05, 4.69) is 125 Å². The number of hydrogen-bond acceptors (Lipinski definition) is 11. The molecule has 0 bridgehead atoms. The van der Waals surface area contributed by atoms with Gasteiger partial charge in [0.05, 0.1) is 45.4 Å². The minimum Gasteiger partial charge on any atom is -0.264 e. The first-order valence-corrected chi connectivity index (χ1v) is 33.5. The molecule has 16 rings (SSSR count). The molecule has 16 heteroatoms. The Balaban J connectivity index is 0.000000118. The lowest BCUT2D eigenvalue weighted by atomic mass is 10.0. The molecule has 0 amide bonds. The molecule has 0 saturated carbocycles. The van der Waals surface area contributed by atoms with Crippen LogP contribution in [0.5, 0.6) is 0 Å². The Bertz CT molecular complexity index is 4780. The number of fused-ring (bicyclic) bond motifs is 1. The van der Waals surface area contributed by atoms with Crippen molar-refractivity contribution >= 4 is 73.1 Å². The Morgan fingerprint density at radius 3 is 1.12 bits per heavy atom. The van der Waals surface area contributed by atoms with E-state index < -0.39 is 0 Å². The average Bonchev–Trinajstić information content (AvgIpc) is 0.989. The second-order valence-electron chi connectivity index (χ2n) is 21.8. The molecular weight excluding hydrogens is 1370 g/mol. The third-order valence-corrected chi connectivity index (χ3v) is 16.2. The van der Waals surface area contributed by atoms with Gasteiger partial charge in [0, 0.05) is 78.7 Å². The normalized spacial score (nSPS) is 10.5. The second-order valence-corrected chi connectivity index (χ2v) is 24.1. The lowest BCUT2D eigenvalue weighted by Gasteiger charge is -2.07. The van der Waals surface area contributed by atoms with E-state index in [1.165, 1.54) is 10.8 Å². The lowest BCUT2D eigenvalue weighted by molar-refractivity contribution is 1.07. The van der Waals surface area contributed by atoms with Crippen molar-refractivity contribution in [3.8, 4) is 113 Å². The maximum Gasteiger partial charge on any atom is 0.226 e. The lowest BCUT2D eigenvalue weighted by Crippen LogP contribution is -1.96. The molecule has 0 unspecified atom stereocenters. The predicted octanol–water partition coefficient (Wildman–Crippen LogP) is 23.0. The first-order valence-electron chi connectivity index (χ1n) is 31.2. The standard InChI is InChI=1S/C20H13ClN2.C16H11BrN2.2C16H11ClN2.C15H10ClN3/c21-20-22-18(15-7-2-1-3-8-15)13-19(23-20)17-11-10-14-6-4-5-9-16(14)12-17;17-15-9-13(12-4-3-6-18-11-12)8-14(10-15)16-5-1-2-7-19-16;17-14-11-18-16(13-9-5-2-6-10-13)19-15(14)12-7-3-1-4-8-12;17-16-18-14(12-7-3-1-4-8-12)11-15(19-16)13-9-5-2-6-10-13;16-15-18-13(11-7-3-1-4-8-11)17-14(19-15)12-9-5-2-6-10-12/h1-13H;3*1-11H;1-10H. The highest BCUT2D eigenvalue weighted by Crippen LogP contribution is 2.33. The summed E-state index contributed by atoms with van der Waals surface area (Å²) >= 11 is 27.9. The van der Waals surface area contributed by atoms with Gasteiger partial charge in [0.25, 0.3) is 0 Å². The molecule has 10 aromatic carbocycles. The summed E-state index contributed by atoms with van der Waals surface area (Å²) in [7, 11) is 0. The summed E-state index contributed by atoms with van der Waals surface area (Å²) in [6, 6.07) is 104. The third-order valence-electron chi connectivity index (χ3n) is 15.0. The molecule has 0 aliphatic rings. The number of halogens is 5. The Kier molecular flexibility index (Phi) is 23.3. The zero-order chi connectivity index (χ0) is 68.0. The number of benzene rings is 10. The van der Waals surface area contributed by atoms with E-state index in [1.807, 2.05) is 267 Å². The molecule has 0 aliphatic heterocycles. The van der Waals surface area contributed by atoms with Crippen LogP contribution in [0.3, 0.4) is 0 Å². The SMILES string of the molecule is Brc1cc(-c2cccnc2)cc(-c2ccccn2)c1.Clc1cnc(-c2ccccc2)nc1-c1ccccc1.Clc1nc(-c2ccccc2)cc(-c2ccc3ccccc3c2)n1.Clc1nc(-c2ccccc2)cc(-c2ccccc2)n1.Clc1nc(-c2ccccc2)nc(-c2ccccc2)n1. The number of pyridine rings is 2. The number of nitrogens with zero attached hydrogens (tertiary/aromatic N) is 11. The van der Waals surface area contributed by atoms with Crippen LogP contribution < -0.4 is 0 Å². The van der Waals surface area contributed by atoms with Gasteiger partial charge in [-0.3, -0.25) is 9.97 Å². The van der Waals surface area contributed by atoms with E-state index >= 15 is 0 Å². The first-order chi connectivity index (χ1) is 48.6. The summed E-state index contributed by atoms with van der Waals surface area (Å²) in [6.07, 6.45) is 7.10. The van der Waals surface area contributed by atoms with E-state index in [0.29, 0.717) is 22.5 Å². The van der Waals surface area contributed by atoms with Gasteiger partial charge in [0.1, 0.15) is 0 Å². The summed E-state index contributed by atoms with van der Waals surface area (Å²) in [5.74, 6) is 1.85. The fraction of sp³-hybridized carbons (Fsp3) is 0. The van der Waals surface area contributed by atoms with Gasteiger partial charge in [-0.2, -0.15) is 9.97 Å². The summed E-state index contributed by atoms with van der Waals surface area (Å²) in [4.78, 5) is 47.5. The van der Waals surface area contributed by atoms with Crippen molar-refractivity contribution in [1.82, 2.24) is 54.8 Å². The molecular formula is C83H56BrCl4N11. The van der Waals surface area contributed by atoms with E-state index in [-0.39, 0.29) is 15.9 Å². The zero-order valence-corrected chi connectivity index (χ0v) is 57.3. The topological polar surface area (TPSA) is 142 Å². The van der Waals surface area contributed by atoms with Crippen LogP contribution in [0, 0.1) is 0 Å². The Hall–Kier alpha value is -11.4. The molecule has 0 spiro atoms. The Labute approximate surface area is 601 Å². The van der Waals surface area contributed by atoms with Gasteiger partial charge in [-0.1, -0.05) is 288 Å². The molecule has 0 saturated heterocycles. The highest BCUT2D eigenvalue weighted by atomic mass is 79.9. The van der Waals surface area contributed by atoms with Gasteiger partial charge in [-0.05, 0) is 106 Å². The van der Waals surface area contributed by atoms with E-state index in [0.717, 1.165) is 99.8 Å². The molecule has 0 N–H and O–H groups in total. The summed E-state index contributed by atoms with van der Waals surface area (Å²) in [5.41, 5.74) is 16.3. The highest BCUT2D eigenvalue weighted by molar-refractivity contribution is 9.10. The van der Waals surface area contributed by atoms with Crippen LogP contribution >= 0.6 is 62.3 Å². The van der Waals surface area contributed by atoms with Crippen molar-refractivity contribution in [2.75, 3.05) is 0 Å². The molecule has 0 fully saturated rings. The van der Waals surface area contributed by atoms with Crippen LogP contribution in [0.25, 0.3) is 124 Å². The minimum atomic E-state index is 0.202. The van der Waals surface area contributed by atoms with Crippen LogP contribution in [0.2, 0.25) is 20.9 Å². The van der Waals surface area contributed by atoms with Gasteiger partial charge in [0.15, 0.2) is 17.5 Å². The summed E-state index contributed by atoms with van der Waals surface area (Å²) in [6.45, 7) is 0. The zero-order valence-electron chi connectivity index (χ0n) is 52.6. The molecule has 16 aromatic rings. The van der Waals surface area contributed by atoms with Crippen molar-refractivity contribution in [2.45, 2.75) is 0 Å². The van der Waals surface area contributed by atoms with Crippen LogP contribution in [0.4, 0.5) is 0 Å². The predicted molar refractivity (Wildman–Crippen MR) is 408 cm³/mol. The fourth-order valence-electron chi connectivity index (χ4n) is 10.2. The Morgan fingerprint density at radius 2 is 0.646 bits per heavy atom. The second kappa shape index (κ2) is 34.0. The number of aromatic nitrogens is 11. The molecule has 0 aliphatic carbocycles. The molecule has 99 heavy (non-hydrogen) atoms. The number of rotatable bonds is 10. The largest absolute Gasteiger partial charge is 0.264 e. The van der Waals surface area contributed by atoms with Gasteiger partial charge in [-0.25, -0.2) is 34.9 Å². The maximum absolute atomic E-state index is 6.19. The minimum absolute atomic E-state index is 0.202. The van der Waals surface area contributed by atoms with Gasteiger partial charge >= 0.3 is 0 Å². The molecule has 11 nitrogen and oxygen atoms in total. The van der Waals surface area contributed by atoms with Crippen LogP contribution in [0.15, 0.2) is 345 Å². The summed E-state index contributed by atoms with van der Waals surface area (Å²) in [5, 5.41) is 3.67. The fourth-order valence-corrected chi connectivity index (χ4v) is 11.5. The molecule has 6 aromatic heterocycles. The van der Waals surface area contributed by atoms with Crippen molar-refractivity contribution in [3.05, 3.63) is 366 Å². The first kappa shape index (κ1) is 67.6. The smallest absolute Gasteiger partial charge is 0.226 e. The Morgan fingerprint density at radius 1 is 0.232 bits per heavy atom. The van der Waals surface area contributed by atoms with Crippen molar-refractivity contribution in [3.63, 3.8) is 0 Å². The van der Waals surface area contributed by atoms with Gasteiger partial charge < -0.3 is 0 Å². The van der Waals surface area contributed by atoms with Gasteiger partial charge in [-0.15, -0.1) is 0 Å². The van der Waals surface area contributed by atoms with Crippen molar-refractivity contribution in [1.29, 1.82) is 0 Å². The average molecular weight is 1430 g/mol. The van der Waals surface area contributed by atoms with Crippen LogP contribution in [-0.4, -0.2) is 54.8 Å². The molecule has 0 atom stereocenters.